The molecule has 2 aromatic rings. The van der Waals surface area contributed by atoms with Crippen LogP contribution >= 0.6 is 7.82 Å². The van der Waals surface area contributed by atoms with Gasteiger partial charge in [-0.05, 0) is 145 Å². The average molecular weight is 1290 g/mol. The fraction of sp³-hybridized carbons (Fsp3) is 0.619. The van der Waals surface area contributed by atoms with Crippen LogP contribution in [0.25, 0.3) is 11.0 Å². The zero-order chi connectivity index (χ0) is 66.7. The topological polar surface area (TPSA) is 473 Å². The highest BCUT2D eigenvalue weighted by Gasteiger charge is 2.66. The van der Waals surface area contributed by atoms with E-state index in [0.717, 1.165) is 16.6 Å². The number of nitrogens with two attached hydrogens (primary N) is 3. The number of benzene rings is 1. The number of rotatable bonds is 26. The van der Waals surface area contributed by atoms with E-state index in [4.69, 9.17) is 62.2 Å². The molecular formula is C63H91N13O14P-3. The van der Waals surface area contributed by atoms with E-state index in [9.17, 15) is 54.2 Å². The van der Waals surface area contributed by atoms with Crippen LogP contribution in [-0.4, -0.2) is 128 Å². The number of hydrogen-bond donors (Lipinski definition) is 12. The first-order valence-corrected chi connectivity index (χ1v) is 32.0. The summed E-state index contributed by atoms with van der Waals surface area (Å²) < 4.78 is 32.3. The Kier molecular flexibility index (Phi) is 20.8. The molecule has 8 rings (SSSR count). The molecule has 0 aliphatic carbocycles. The third-order valence-electron chi connectivity index (χ3n) is 20.6. The number of aryl methyl sites for hydroxylation is 2. The Labute approximate surface area is 530 Å². The predicted molar refractivity (Wildman–Crippen MR) is 334 cm³/mol. The number of H-pyrrole nitrogens is 1. The summed E-state index contributed by atoms with van der Waals surface area (Å²) in [6.07, 6.45) is -4.86. The molecule has 4 amide bonds. The molecule has 0 spiro atoms. The Morgan fingerprint density at radius 2 is 1.45 bits per heavy atom. The number of primary amides is 3. The molecule has 27 nitrogen and oxygen atoms in total. The van der Waals surface area contributed by atoms with Crippen LogP contribution in [0.1, 0.15) is 150 Å². The van der Waals surface area contributed by atoms with Gasteiger partial charge < -0.3 is 86.7 Å². The summed E-state index contributed by atoms with van der Waals surface area (Å²) in [6, 6.07) is 2.74. The number of phosphoric ester groups is 1. The Bertz CT molecular complexity index is 3540. The SMILES string of the molecule is CC1=C2N=C(C=C3NC(=C(C)C4=N[C@@](C)([C@@H]5N=C1[C@](C)(CCC(=O)NC[C@@H](C)OP(=O)(O)O[C@H]1[C@@H](O)[C@@H]([n+]6c[nH]c7cc(C)c(C)cc76)O[C@@H]1CO)[C@H]5CC(N)=O)[C@@](C)(CC(N)=O)[C@@H]4CCC(=N)[O-])[C@@](C)(CC(N)=O)[C@@H]3CCC(=N)[O-])C(C)(C)[C@@H]2CCC(=N)[O-].[CH3-]. The molecule has 2 saturated heterocycles. The minimum absolute atomic E-state index is 0. The van der Waals surface area contributed by atoms with Gasteiger partial charge >= 0.3 is 7.82 Å². The van der Waals surface area contributed by atoms with E-state index in [-0.39, 0.29) is 84.6 Å². The lowest BCUT2D eigenvalue weighted by Gasteiger charge is -2.48. The number of aliphatic hydroxyl groups is 2. The van der Waals surface area contributed by atoms with Gasteiger partial charge in [-0.2, -0.15) is 4.57 Å². The summed E-state index contributed by atoms with van der Waals surface area (Å²) in [5.74, 6) is -8.24. The number of imidazole rings is 1. The first kappa shape index (κ1) is 71.4. The van der Waals surface area contributed by atoms with E-state index < -0.39 is 143 Å². The number of allylic oxidation sites excluding steroid dienone is 6. The zero-order valence-corrected chi connectivity index (χ0v) is 55.0. The summed E-state index contributed by atoms with van der Waals surface area (Å²) in [5.41, 5.74) is 19.4. The number of nitrogens with zero attached hydrogens (tertiary/aromatic N) is 4. The molecule has 6 aliphatic heterocycles. The minimum atomic E-state index is -5.07. The molecule has 15 N–H and O–H groups in total. The normalized spacial score (nSPS) is 31.7. The monoisotopic (exact) mass is 1280 g/mol. The Morgan fingerprint density at radius 3 is 2.03 bits per heavy atom. The van der Waals surface area contributed by atoms with Crippen molar-refractivity contribution in [3.63, 3.8) is 0 Å². The summed E-state index contributed by atoms with van der Waals surface area (Å²) in [4.78, 5) is 86.0. The second-order valence-electron chi connectivity index (χ2n) is 27.0. The zero-order valence-electron chi connectivity index (χ0n) is 54.1. The summed E-state index contributed by atoms with van der Waals surface area (Å²) >= 11 is 0. The minimum Gasteiger partial charge on any atom is -0.862 e. The molecule has 1 unspecified atom stereocenters. The lowest BCUT2D eigenvalue weighted by atomic mass is 9.55. The molecule has 1 aromatic heterocycles. The number of amides is 4. The third kappa shape index (κ3) is 13.6. The summed E-state index contributed by atoms with van der Waals surface area (Å²) in [5, 5.41) is 90.2. The van der Waals surface area contributed by atoms with E-state index >= 15 is 0 Å². The highest BCUT2D eigenvalue weighted by Crippen LogP contribution is 2.62. The van der Waals surface area contributed by atoms with Crippen LogP contribution in [0.4, 0.5) is 0 Å². The van der Waals surface area contributed by atoms with Gasteiger partial charge in [0.2, 0.25) is 36.2 Å². The van der Waals surface area contributed by atoms with Crippen molar-refractivity contribution in [1.29, 1.82) is 16.2 Å². The van der Waals surface area contributed by atoms with Crippen molar-refractivity contribution in [2.75, 3.05) is 13.2 Å². The van der Waals surface area contributed by atoms with Crippen LogP contribution in [0.2, 0.25) is 0 Å². The van der Waals surface area contributed by atoms with Gasteiger partial charge in [0.25, 0.3) is 0 Å². The van der Waals surface area contributed by atoms with Gasteiger partial charge in [-0.3, -0.25) is 43.2 Å². The number of aromatic amines is 1. The van der Waals surface area contributed by atoms with E-state index in [1.165, 1.54) is 6.92 Å². The van der Waals surface area contributed by atoms with Crippen molar-refractivity contribution < 1.29 is 72.5 Å². The molecule has 0 radical (unpaired) electrons. The molecule has 91 heavy (non-hydrogen) atoms. The molecular weight excluding hydrogens is 1190 g/mol. The fourth-order valence-corrected chi connectivity index (χ4v) is 16.6. The largest absolute Gasteiger partial charge is 0.862 e. The molecule has 0 saturated carbocycles. The molecule has 28 heteroatoms. The molecule has 2 fully saturated rings. The maximum Gasteiger partial charge on any atom is 0.472 e. The smallest absolute Gasteiger partial charge is 0.472 e. The highest BCUT2D eigenvalue weighted by atomic mass is 31.2. The number of phosphoric acid groups is 1. The molecule has 15 atom stereocenters. The van der Waals surface area contributed by atoms with Gasteiger partial charge in [0, 0.05) is 112 Å². The van der Waals surface area contributed by atoms with Crippen molar-refractivity contribution in [2.45, 2.75) is 189 Å². The van der Waals surface area contributed by atoms with E-state index in [0.29, 0.717) is 50.9 Å². The Morgan fingerprint density at radius 1 is 0.857 bits per heavy atom. The van der Waals surface area contributed by atoms with Crippen molar-refractivity contribution in [1.82, 2.24) is 15.6 Å². The van der Waals surface area contributed by atoms with Gasteiger partial charge in [-0.1, -0.05) is 34.6 Å². The summed E-state index contributed by atoms with van der Waals surface area (Å²) in [7, 11) is -5.07. The molecule has 7 heterocycles. The van der Waals surface area contributed by atoms with E-state index in [2.05, 4.69) is 15.6 Å². The maximum absolute atomic E-state index is 14.4. The second-order valence-corrected chi connectivity index (χ2v) is 28.4. The van der Waals surface area contributed by atoms with Crippen LogP contribution in [0.3, 0.4) is 0 Å². The first-order valence-electron chi connectivity index (χ1n) is 30.5. The number of ether oxygens (including phenoxy) is 1. The lowest BCUT2D eigenvalue weighted by molar-refractivity contribution is -0.743. The number of hydrogen-bond acceptors (Lipinski definition) is 20. The third-order valence-corrected chi connectivity index (χ3v) is 21.7. The van der Waals surface area contributed by atoms with Gasteiger partial charge in [0.05, 0.1) is 24.3 Å². The maximum atomic E-state index is 14.4. The van der Waals surface area contributed by atoms with E-state index in [1.807, 2.05) is 59.8 Å². The number of carbonyl (C=O) groups excluding carboxylic acids is 4. The Balaban J connectivity index is 0.0000118. The van der Waals surface area contributed by atoms with Crippen molar-refractivity contribution in [3.8, 4) is 0 Å². The van der Waals surface area contributed by atoms with Gasteiger partial charge in [-0.15, -0.1) is 0 Å². The van der Waals surface area contributed by atoms with Crippen LogP contribution in [0, 0.1) is 82.8 Å². The second kappa shape index (κ2) is 26.5. The molecule has 6 aliphatic rings. The Hall–Kier alpha value is -7.00. The lowest BCUT2D eigenvalue weighted by Crippen LogP contribution is -2.56. The number of aliphatic imine (C=N–C) groups is 3. The fourth-order valence-electron chi connectivity index (χ4n) is 15.5. The van der Waals surface area contributed by atoms with E-state index in [1.54, 1.807) is 38.6 Å². The van der Waals surface area contributed by atoms with Crippen LogP contribution in [-0.2, 0) is 37.5 Å². The van der Waals surface area contributed by atoms with Gasteiger partial charge in [-0.25, -0.2) is 9.55 Å². The number of nitrogens with one attached hydrogen (secondary N) is 6. The van der Waals surface area contributed by atoms with Crippen molar-refractivity contribution >= 4 is 77.3 Å². The van der Waals surface area contributed by atoms with Gasteiger partial charge in [0.15, 0.2) is 11.0 Å². The van der Waals surface area contributed by atoms with Crippen molar-refractivity contribution in [3.05, 3.63) is 71.3 Å². The first-order chi connectivity index (χ1) is 41.8. The van der Waals surface area contributed by atoms with Crippen molar-refractivity contribution in [2.24, 2.45) is 77.5 Å². The standard InChI is InChI=1S/C62H90N13O14P.CH3/c1-29-20-39-40(21-30(29)2)75(28-70-39)57-52(84)53(41(27-76)87-57)89-90(85,86)88-31(3)26-69-49(83)18-19-59(8)37(22-46(66)80)56-62(11)61(10,25-48(68)82)36(14-17-45(65)79)51(74-62)33(5)55-60(9,24-47(67)81)34(12-15-43(63)77)38(71-55)23-42-58(6,7)35(13-16-44(64)78)50(72-42)32(4)54(59)73-56;/h20-21,23,28,31,34-37,41,52-53,56-57,76,84H,12-19,22,24-27H2,1-11H3,(H15,63,64,65,66,67,68,69,71,72,73,74,77,78,79,80,81,82,83,85,86);1H3/q;-1/p-2/t31-,34-,35-,36-,37+,41-,52-,53-,56-,57+,59-,60+,61+,62+;/m1./s1. The van der Waals surface area contributed by atoms with Gasteiger partial charge in [0.1, 0.15) is 18.3 Å². The quantitative estimate of drug-likeness (QED) is 0.0212. The number of fused-ring (bicyclic) bond motifs is 7. The van der Waals surface area contributed by atoms with Crippen LogP contribution in [0.5, 0.6) is 0 Å². The summed E-state index contributed by atoms with van der Waals surface area (Å²) in [6.45, 7) is 19.0. The highest BCUT2D eigenvalue weighted by molar-refractivity contribution is 7.47. The number of aromatic nitrogens is 2. The molecule has 500 valence electrons. The van der Waals surface area contributed by atoms with Crippen LogP contribution in [0.15, 0.2) is 67.8 Å². The average Bonchev–Trinajstić information content (AvgIpc) is 1.54. The molecule has 1 aromatic carbocycles. The number of carbonyl (C=O) groups is 4. The number of aliphatic hydroxyl groups excluding tert-OH is 2. The van der Waals surface area contributed by atoms with Crippen LogP contribution < -0.4 is 47.7 Å². The molecule has 8 bridgehead atoms. The predicted octanol–water partition coefficient (Wildman–Crippen LogP) is 2.59.